The van der Waals surface area contributed by atoms with Crippen molar-refractivity contribution in [3.63, 3.8) is 0 Å². The van der Waals surface area contributed by atoms with Gasteiger partial charge >= 0.3 is 5.97 Å². The molecular formula is C16H19NO7. The van der Waals surface area contributed by atoms with Crippen LogP contribution in [0.4, 0.5) is 0 Å². The Kier molecular flexibility index (Phi) is 4.48. The standard InChI is InChI=1S/C16H19NO7/c1-21-10-7-11(16(19)20)17(8-10)15(18)9-5-12(22-2)14-13(6-9)23-3-4-24-14/h5-6,10-11H,3-4,7-8H2,1-2H3,(H,19,20). The predicted octanol–water partition coefficient (Wildman–Crippen LogP) is 0.781. The SMILES string of the molecule is COc1cc(C(=O)N2CC(OC)CC2C(=O)O)cc2c1OCCO2. The molecule has 3 rings (SSSR count). The van der Waals surface area contributed by atoms with Gasteiger partial charge in [0.05, 0.1) is 13.2 Å². The minimum Gasteiger partial charge on any atom is -0.493 e. The van der Waals surface area contributed by atoms with Crippen molar-refractivity contribution < 1.29 is 33.6 Å². The third-order valence-electron chi connectivity index (χ3n) is 4.22. The van der Waals surface area contributed by atoms with Crippen LogP contribution in [-0.2, 0) is 9.53 Å². The number of fused-ring (bicyclic) bond motifs is 1. The summed E-state index contributed by atoms with van der Waals surface area (Å²) in [7, 11) is 2.98. The van der Waals surface area contributed by atoms with E-state index in [2.05, 4.69) is 0 Å². The smallest absolute Gasteiger partial charge is 0.326 e. The van der Waals surface area contributed by atoms with Crippen molar-refractivity contribution >= 4 is 11.9 Å². The summed E-state index contributed by atoms with van der Waals surface area (Å²) in [5.41, 5.74) is 0.291. The van der Waals surface area contributed by atoms with Crippen LogP contribution in [0.15, 0.2) is 12.1 Å². The lowest BCUT2D eigenvalue weighted by Crippen LogP contribution is -2.40. The molecule has 1 aromatic rings. The van der Waals surface area contributed by atoms with E-state index in [9.17, 15) is 14.7 Å². The normalized spacial score (nSPS) is 22.3. The number of rotatable bonds is 4. The van der Waals surface area contributed by atoms with Crippen molar-refractivity contribution in [2.45, 2.75) is 18.6 Å². The van der Waals surface area contributed by atoms with Crippen molar-refractivity contribution in [1.82, 2.24) is 4.90 Å². The first-order valence-corrected chi connectivity index (χ1v) is 7.59. The summed E-state index contributed by atoms with van der Waals surface area (Å²) in [4.78, 5) is 25.6. The molecule has 1 saturated heterocycles. The molecule has 0 bridgehead atoms. The number of likely N-dealkylation sites (tertiary alicyclic amines) is 1. The summed E-state index contributed by atoms with van der Waals surface area (Å²) < 4.78 is 21.5. The maximum atomic E-state index is 12.8. The third-order valence-corrected chi connectivity index (χ3v) is 4.22. The van der Waals surface area contributed by atoms with Crippen LogP contribution >= 0.6 is 0 Å². The number of methoxy groups -OCH3 is 2. The molecule has 0 aliphatic carbocycles. The molecule has 130 valence electrons. The Labute approximate surface area is 138 Å². The molecule has 8 heteroatoms. The number of benzene rings is 1. The summed E-state index contributed by atoms with van der Waals surface area (Å²) in [6.45, 7) is 1.00. The van der Waals surface area contributed by atoms with Gasteiger partial charge < -0.3 is 29.0 Å². The molecule has 2 heterocycles. The number of carbonyl (C=O) groups is 2. The van der Waals surface area contributed by atoms with Crippen molar-refractivity contribution in [1.29, 1.82) is 0 Å². The highest BCUT2D eigenvalue weighted by Crippen LogP contribution is 2.41. The molecule has 2 atom stereocenters. The van der Waals surface area contributed by atoms with Crippen molar-refractivity contribution in [2.24, 2.45) is 0 Å². The number of ether oxygens (including phenoxy) is 4. The second-order valence-corrected chi connectivity index (χ2v) is 5.61. The summed E-state index contributed by atoms with van der Waals surface area (Å²) in [6, 6.07) is 2.18. The minimum atomic E-state index is -1.05. The van der Waals surface area contributed by atoms with Gasteiger partial charge in [-0.15, -0.1) is 0 Å². The molecule has 2 aliphatic heterocycles. The molecule has 0 radical (unpaired) electrons. The topological polar surface area (TPSA) is 94.5 Å². The Bertz CT molecular complexity index is 643. The summed E-state index contributed by atoms with van der Waals surface area (Å²) in [5.74, 6) is -0.209. The summed E-state index contributed by atoms with van der Waals surface area (Å²) in [5, 5.41) is 9.37. The molecule has 0 saturated carbocycles. The van der Waals surface area contributed by atoms with Gasteiger partial charge in [0.1, 0.15) is 19.3 Å². The molecule has 1 aromatic carbocycles. The average Bonchev–Trinajstić information content (AvgIpc) is 3.04. The van der Waals surface area contributed by atoms with Gasteiger partial charge in [-0.2, -0.15) is 0 Å². The number of carboxylic acid groups (broad SMARTS) is 1. The van der Waals surface area contributed by atoms with Gasteiger partial charge in [0.25, 0.3) is 5.91 Å². The number of carboxylic acids is 1. The largest absolute Gasteiger partial charge is 0.493 e. The molecule has 0 aromatic heterocycles. The first-order chi connectivity index (χ1) is 11.5. The Morgan fingerprint density at radius 3 is 2.67 bits per heavy atom. The predicted molar refractivity (Wildman–Crippen MR) is 81.9 cm³/mol. The molecule has 8 nitrogen and oxygen atoms in total. The van der Waals surface area contributed by atoms with Gasteiger partial charge in [-0.25, -0.2) is 4.79 Å². The van der Waals surface area contributed by atoms with Crippen molar-refractivity contribution in [2.75, 3.05) is 34.0 Å². The highest BCUT2D eigenvalue weighted by Gasteiger charge is 2.40. The zero-order chi connectivity index (χ0) is 17.3. The van der Waals surface area contributed by atoms with Gasteiger partial charge in [-0.05, 0) is 12.1 Å². The first-order valence-electron chi connectivity index (χ1n) is 7.59. The lowest BCUT2D eigenvalue weighted by Gasteiger charge is -2.24. The Morgan fingerprint density at radius 2 is 2.00 bits per heavy atom. The summed E-state index contributed by atoms with van der Waals surface area (Å²) in [6.07, 6.45) is -0.0339. The summed E-state index contributed by atoms with van der Waals surface area (Å²) >= 11 is 0. The zero-order valence-electron chi connectivity index (χ0n) is 13.5. The Hall–Kier alpha value is -2.48. The minimum absolute atomic E-state index is 0.225. The number of hydrogen-bond acceptors (Lipinski definition) is 6. The number of aliphatic carboxylic acids is 1. The van der Waals surface area contributed by atoms with Gasteiger partial charge in [0, 0.05) is 25.6 Å². The molecule has 2 unspecified atom stereocenters. The maximum absolute atomic E-state index is 12.8. The van der Waals surface area contributed by atoms with E-state index < -0.39 is 17.9 Å². The van der Waals surface area contributed by atoms with Crippen molar-refractivity contribution in [3.8, 4) is 17.2 Å². The van der Waals surface area contributed by atoms with Crippen LogP contribution in [0.5, 0.6) is 17.2 Å². The number of amides is 1. The van der Waals surface area contributed by atoms with Crippen LogP contribution in [0.25, 0.3) is 0 Å². The van der Waals surface area contributed by atoms with E-state index in [1.165, 1.54) is 25.2 Å². The van der Waals surface area contributed by atoms with Crippen LogP contribution < -0.4 is 14.2 Å². The van der Waals surface area contributed by atoms with Crippen LogP contribution in [0, 0.1) is 0 Å². The van der Waals surface area contributed by atoms with Gasteiger partial charge in [-0.3, -0.25) is 4.79 Å². The van der Waals surface area contributed by atoms with E-state index in [-0.39, 0.29) is 19.1 Å². The second kappa shape index (κ2) is 6.56. The molecule has 0 spiro atoms. The molecule has 24 heavy (non-hydrogen) atoms. The molecule has 1 amide bonds. The lowest BCUT2D eigenvalue weighted by atomic mass is 10.1. The second-order valence-electron chi connectivity index (χ2n) is 5.61. The fraction of sp³-hybridized carbons (Fsp3) is 0.500. The van der Waals surface area contributed by atoms with Crippen LogP contribution in [0.2, 0.25) is 0 Å². The monoisotopic (exact) mass is 337 g/mol. The lowest BCUT2D eigenvalue weighted by molar-refractivity contribution is -0.141. The third kappa shape index (κ3) is 2.84. The van der Waals surface area contributed by atoms with Crippen LogP contribution in [-0.4, -0.2) is 68.0 Å². The first kappa shape index (κ1) is 16.4. The number of nitrogens with zero attached hydrogens (tertiary/aromatic N) is 1. The van der Waals surface area contributed by atoms with Gasteiger partial charge in [0.15, 0.2) is 11.5 Å². The maximum Gasteiger partial charge on any atom is 0.326 e. The van der Waals surface area contributed by atoms with E-state index in [0.29, 0.717) is 36.0 Å². The molecular weight excluding hydrogens is 318 g/mol. The van der Waals surface area contributed by atoms with E-state index in [1.54, 1.807) is 6.07 Å². The van der Waals surface area contributed by atoms with Crippen LogP contribution in [0.1, 0.15) is 16.8 Å². The van der Waals surface area contributed by atoms with E-state index in [1.807, 2.05) is 0 Å². The zero-order valence-corrected chi connectivity index (χ0v) is 13.5. The number of carbonyl (C=O) groups excluding carboxylic acids is 1. The highest BCUT2D eigenvalue weighted by atomic mass is 16.6. The molecule has 2 aliphatic rings. The fourth-order valence-corrected chi connectivity index (χ4v) is 2.99. The van der Waals surface area contributed by atoms with E-state index >= 15 is 0 Å². The van der Waals surface area contributed by atoms with E-state index in [4.69, 9.17) is 18.9 Å². The average molecular weight is 337 g/mol. The van der Waals surface area contributed by atoms with Crippen LogP contribution in [0.3, 0.4) is 0 Å². The quantitative estimate of drug-likeness (QED) is 0.867. The molecule has 1 fully saturated rings. The Morgan fingerprint density at radius 1 is 1.25 bits per heavy atom. The Balaban J connectivity index is 1.93. The molecule has 1 N–H and O–H groups in total. The van der Waals surface area contributed by atoms with Gasteiger partial charge in [0.2, 0.25) is 5.75 Å². The highest BCUT2D eigenvalue weighted by molar-refractivity contribution is 5.98. The van der Waals surface area contributed by atoms with Crippen molar-refractivity contribution in [3.05, 3.63) is 17.7 Å². The fourth-order valence-electron chi connectivity index (χ4n) is 2.99. The van der Waals surface area contributed by atoms with E-state index in [0.717, 1.165) is 0 Å². The number of hydrogen-bond donors (Lipinski definition) is 1. The van der Waals surface area contributed by atoms with Gasteiger partial charge in [-0.1, -0.05) is 0 Å².